The van der Waals surface area contributed by atoms with Gasteiger partial charge in [-0.25, -0.2) is 0 Å². The number of ether oxygens (including phenoxy) is 1. The predicted octanol–water partition coefficient (Wildman–Crippen LogP) is 2.51. The molecule has 0 aromatic heterocycles. The molecule has 3 nitrogen and oxygen atoms in total. The first-order valence-corrected chi connectivity index (χ1v) is 7.77. The average molecular weight is 256 g/mol. The third-order valence-corrected chi connectivity index (χ3v) is 3.73. The van der Waals surface area contributed by atoms with E-state index < -0.39 is 0 Å². The molecule has 1 fully saturated rings. The molecule has 1 atom stereocenters. The minimum absolute atomic E-state index is 0.365. The van der Waals surface area contributed by atoms with E-state index in [0.29, 0.717) is 6.10 Å². The number of rotatable bonds is 9. The number of nitrogens with zero attached hydrogens (tertiary/aromatic N) is 1. The summed E-state index contributed by atoms with van der Waals surface area (Å²) < 4.78 is 5.52. The molecule has 1 aliphatic rings. The van der Waals surface area contributed by atoms with Gasteiger partial charge in [0.2, 0.25) is 0 Å². The van der Waals surface area contributed by atoms with Gasteiger partial charge in [-0.3, -0.25) is 0 Å². The van der Waals surface area contributed by atoms with Gasteiger partial charge in [-0.05, 0) is 52.1 Å². The Kier molecular flexibility index (Phi) is 8.64. The van der Waals surface area contributed by atoms with Crippen LogP contribution in [0.4, 0.5) is 0 Å². The highest BCUT2D eigenvalue weighted by atomic mass is 16.5. The zero-order valence-electron chi connectivity index (χ0n) is 12.6. The summed E-state index contributed by atoms with van der Waals surface area (Å²) in [5.41, 5.74) is 0. The van der Waals surface area contributed by atoms with Crippen molar-refractivity contribution in [3.8, 4) is 0 Å². The van der Waals surface area contributed by atoms with Crippen LogP contribution in [0.15, 0.2) is 0 Å². The average Bonchev–Trinajstić information content (AvgIpc) is 2.37. The van der Waals surface area contributed by atoms with E-state index in [9.17, 15) is 0 Å². The number of piperidine rings is 1. The van der Waals surface area contributed by atoms with Crippen molar-refractivity contribution in [3.63, 3.8) is 0 Å². The van der Waals surface area contributed by atoms with Crippen molar-refractivity contribution < 1.29 is 4.74 Å². The van der Waals surface area contributed by atoms with E-state index in [1.807, 2.05) is 0 Å². The van der Waals surface area contributed by atoms with Crippen LogP contribution in [0.2, 0.25) is 0 Å². The van der Waals surface area contributed by atoms with Crippen molar-refractivity contribution in [1.29, 1.82) is 0 Å². The van der Waals surface area contributed by atoms with Crippen LogP contribution in [-0.4, -0.2) is 50.3 Å². The highest BCUT2D eigenvalue weighted by molar-refractivity contribution is 4.72. The van der Waals surface area contributed by atoms with Gasteiger partial charge in [0.15, 0.2) is 0 Å². The van der Waals surface area contributed by atoms with Crippen molar-refractivity contribution >= 4 is 0 Å². The summed E-state index contributed by atoms with van der Waals surface area (Å²) in [5, 5.41) is 3.52. The molecule has 0 spiro atoms. The van der Waals surface area contributed by atoms with E-state index in [4.69, 9.17) is 4.74 Å². The molecule has 1 unspecified atom stereocenters. The highest BCUT2D eigenvalue weighted by Crippen LogP contribution is 2.18. The van der Waals surface area contributed by atoms with Crippen LogP contribution < -0.4 is 5.32 Å². The van der Waals surface area contributed by atoms with Gasteiger partial charge in [0, 0.05) is 26.2 Å². The lowest BCUT2D eigenvalue weighted by atomic mass is 9.96. The SMILES string of the molecule is CCC1CCCN(CCNCCCOC(C)C)C1. The van der Waals surface area contributed by atoms with Gasteiger partial charge < -0.3 is 15.0 Å². The summed E-state index contributed by atoms with van der Waals surface area (Å²) in [6.07, 6.45) is 5.66. The maximum atomic E-state index is 5.52. The zero-order valence-corrected chi connectivity index (χ0v) is 12.6. The molecule has 0 aliphatic carbocycles. The van der Waals surface area contributed by atoms with Gasteiger partial charge in [0.1, 0.15) is 0 Å². The fourth-order valence-corrected chi connectivity index (χ4v) is 2.57. The summed E-state index contributed by atoms with van der Waals surface area (Å²) in [6, 6.07) is 0. The minimum Gasteiger partial charge on any atom is -0.379 e. The van der Waals surface area contributed by atoms with Gasteiger partial charge in [0.25, 0.3) is 0 Å². The molecule has 18 heavy (non-hydrogen) atoms. The van der Waals surface area contributed by atoms with Crippen molar-refractivity contribution in [2.24, 2.45) is 5.92 Å². The molecule has 1 saturated heterocycles. The maximum Gasteiger partial charge on any atom is 0.0518 e. The number of hydrogen-bond donors (Lipinski definition) is 1. The number of nitrogens with one attached hydrogen (secondary N) is 1. The molecule has 1 rings (SSSR count). The lowest BCUT2D eigenvalue weighted by molar-refractivity contribution is 0.0769. The van der Waals surface area contributed by atoms with E-state index in [2.05, 4.69) is 31.0 Å². The topological polar surface area (TPSA) is 24.5 Å². The Morgan fingerprint density at radius 1 is 1.33 bits per heavy atom. The Balaban J connectivity index is 1.91. The van der Waals surface area contributed by atoms with Gasteiger partial charge in [-0.15, -0.1) is 0 Å². The van der Waals surface area contributed by atoms with E-state index in [1.165, 1.54) is 38.9 Å². The molecule has 0 radical (unpaired) electrons. The fraction of sp³-hybridized carbons (Fsp3) is 1.00. The van der Waals surface area contributed by atoms with Gasteiger partial charge in [0.05, 0.1) is 6.10 Å². The molecular formula is C15H32N2O. The molecule has 0 amide bonds. The van der Waals surface area contributed by atoms with Crippen molar-refractivity contribution in [1.82, 2.24) is 10.2 Å². The lowest BCUT2D eigenvalue weighted by Gasteiger charge is -2.32. The Morgan fingerprint density at radius 3 is 2.89 bits per heavy atom. The number of likely N-dealkylation sites (tertiary alicyclic amines) is 1. The van der Waals surface area contributed by atoms with Crippen LogP contribution in [0, 0.1) is 5.92 Å². The summed E-state index contributed by atoms with van der Waals surface area (Å²) in [6.45, 7) is 13.4. The molecular weight excluding hydrogens is 224 g/mol. The van der Waals surface area contributed by atoms with Crippen molar-refractivity contribution in [2.45, 2.75) is 52.6 Å². The molecule has 1 N–H and O–H groups in total. The number of hydrogen-bond acceptors (Lipinski definition) is 3. The summed E-state index contributed by atoms with van der Waals surface area (Å²) >= 11 is 0. The maximum absolute atomic E-state index is 5.52. The summed E-state index contributed by atoms with van der Waals surface area (Å²) in [5.74, 6) is 0.943. The molecule has 1 heterocycles. The normalized spacial score (nSPS) is 21.7. The van der Waals surface area contributed by atoms with Crippen LogP contribution >= 0.6 is 0 Å². The first-order valence-electron chi connectivity index (χ1n) is 7.77. The Labute approximate surface area is 113 Å². The lowest BCUT2D eigenvalue weighted by Crippen LogP contribution is -2.39. The quantitative estimate of drug-likeness (QED) is 0.642. The fourth-order valence-electron chi connectivity index (χ4n) is 2.57. The smallest absolute Gasteiger partial charge is 0.0518 e. The second-order valence-corrected chi connectivity index (χ2v) is 5.74. The Morgan fingerprint density at radius 2 is 2.17 bits per heavy atom. The Hall–Kier alpha value is -0.120. The first-order chi connectivity index (χ1) is 8.72. The third kappa shape index (κ3) is 7.34. The molecule has 0 aromatic rings. The van der Waals surface area contributed by atoms with E-state index in [0.717, 1.165) is 32.0 Å². The largest absolute Gasteiger partial charge is 0.379 e. The van der Waals surface area contributed by atoms with Crippen LogP contribution in [-0.2, 0) is 4.74 Å². The minimum atomic E-state index is 0.365. The van der Waals surface area contributed by atoms with Crippen LogP contribution in [0.3, 0.4) is 0 Å². The van der Waals surface area contributed by atoms with Crippen LogP contribution in [0.1, 0.15) is 46.5 Å². The first kappa shape index (κ1) is 15.9. The van der Waals surface area contributed by atoms with Crippen molar-refractivity contribution in [3.05, 3.63) is 0 Å². The Bertz CT molecular complexity index is 197. The standard InChI is InChI=1S/C15H32N2O/c1-4-15-7-5-10-17(13-15)11-9-16-8-6-12-18-14(2)3/h14-16H,4-13H2,1-3H3. The van der Waals surface area contributed by atoms with Crippen molar-refractivity contribution in [2.75, 3.05) is 39.3 Å². The summed E-state index contributed by atoms with van der Waals surface area (Å²) in [7, 11) is 0. The van der Waals surface area contributed by atoms with Gasteiger partial charge in [-0.1, -0.05) is 13.3 Å². The van der Waals surface area contributed by atoms with E-state index in [1.54, 1.807) is 0 Å². The zero-order chi connectivity index (χ0) is 13.2. The second kappa shape index (κ2) is 9.76. The van der Waals surface area contributed by atoms with Gasteiger partial charge in [-0.2, -0.15) is 0 Å². The predicted molar refractivity (Wildman–Crippen MR) is 78.0 cm³/mol. The van der Waals surface area contributed by atoms with Crippen LogP contribution in [0.5, 0.6) is 0 Å². The van der Waals surface area contributed by atoms with E-state index in [-0.39, 0.29) is 0 Å². The molecule has 3 heteroatoms. The van der Waals surface area contributed by atoms with E-state index >= 15 is 0 Å². The highest BCUT2D eigenvalue weighted by Gasteiger charge is 2.17. The molecule has 0 bridgehead atoms. The molecule has 0 aromatic carbocycles. The molecule has 108 valence electrons. The van der Waals surface area contributed by atoms with Gasteiger partial charge >= 0.3 is 0 Å². The molecule has 0 saturated carbocycles. The second-order valence-electron chi connectivity index (χ2n) is 5.74. The summed E-state index contributed by atoms with van der Waals surface area (Å²) in [4.78, 5) is 2.62. The molecule has 1 aliphatic heterocycles. The van der Waals surface area contributed by atoms with Crippen LogP contribution in [0.25, 0.3) is 0 Å². The monoisotopic (exact) mass is 256 g/mol. The third-order valence-electron chi connectivity index (χ3n) is 3.73.